The molecule has 6 nitrogen and oxygen atoms in total. The zero-order chi connectivity index (χ0) is 19.4. The van der Waals surface area contributed by atoms with Gasteiger partial charge in [0, 0.05) is 17.5 Å². The van der Waals surface area contributed by atoms with Gasteiger partial charge in [-0.25, -0.2) is 0 Å². The third-order valence-corrected chi connectivity index (χ3v) is 10.8. The molecular formula is C19H30N2O4Si. The van der Waals surface area contributed by atoms with E-state index in [0.717, 1.165) is 16.7 Å². The molecule has 1 aliphatic carbocycles. The molecule has 1 aromatic rings. The minimum atomic E-state index is -1.96. The number of hydrogen-bond acceptors (Lipinski definition) is 4. The zero-order valence-electron chi connectivity index (χ0n) is 16.4. The van der Waals surface area contributed by atoms with Gasteiger partial charge < -0.3 is 20.0 Å². The average molecular weight is 379 g/mol. The molecule has 0 radical (unpaired) electrons. The number of carbonyl (C=O) groups is 1. The predicted molar refractivity (Wildman–Crippen MR) is 103 cm³/mol. The Morgan fingerprint density at radius 3 is 2.42 bits per heavy atom. The first-order chi connectivity index (χ1) is 11.9. The summed E-state index contributed by atoms with van der Waals surface area (Å²) in [5.74, 6) is -0.159. The van der Waals surface area contributed by atoms with E-state index in [1.54, 1.807) is 0 Å². The van der Waals surface area contributed by atoms with E-state index in [-0.39, 0.29) is 40.8 Å². The summed E-state index contributed by atoms with van der Waals surface area (Å²) in [6, 6.07) is -0.0770. The van der Waals surface area contributed by atoms with E-state index in [4.69, 9.17) is 4.43 Å². The zero-order valence-corrected chi connectivity index (χ0v) is 17.4. The molecule has 0 spiro atoms. The van der Waals surface area contributed by atoms with Crippen LogP contribution in [0.1, 0.15) is 38.8 Å². The predicted octanol–water partition coefficient (Wildman–Crippen LogP) is 2.98. The fourth-order valence-corrected chi connectivity index (χ4v) is 5.05. The van der Waals surface area contributed by atoms with E-state index in [1.807, 2.05) is 13.0 Å². The number of rotatable bonds is 4. The number of carbonyl (C=O) groups excluding carboxylic acids is 1. The Hall–Kier alpha value is -1.73. The maximum Gasteiger partial charge on any atom is 0.228 e. The lowest BCUT2D eigenvalue weighted by molar-refractivity contribution is -0.138. The summed E-state index contributed by atoms with van der Waals surface area (Å²) in [4.78, 5) is 14.9. The first-order valence-electron chi connectivity index (χ1n) is 9.21. The second-order valence-corrected chi connectivity index (χ2v) is 13.8. The van der Waals surface area contributed by atoms with Gasteiger partial charge in [-0.05, 0) is 37.0 Å². The van der Waals surface area contributed by atoms with Crippen LogP contribution in [0, 0.1) is 5.92 Å². The average Bonchev–Trinajstić information content (AvgIpc) is 2.77. The molecule has 26 heavy (non-hydrogen) atoms. The Bertz CT molecular complexity index is 760. The van der Waals surface area contributed by atoms with Gasteiger partial charge in [0.25, 0.3) is 0 Å². The summed E-state index contributed by atoms with van der Waals surface area (Å²) >= 11 is 0. The van der Waals surface area contributed by atoms with E-state index in [9.17, 15) is 15.0 Å². The summed E-state index contributed by atoms with van der Waals surface area (Å²) < 4.78 is 6.45. The molecule has 1 aromatic heterocycles. The number of H-pyrrole nitrogens is 1. The van der Waals surface area contributed by atoms with E-state index in [0.29, 0.717) is 12.8 Å². The van der Waals surface area contributed by atoms with Crippen molar-refractivity contribution in [1.29, 1.82) is 0 Å². The summed E-state index contributed by atoms with van der Waals surface area (Å²) in [6.07, 6.45) is 2.95. The van der Waals surface area contributed by atoms with E-state index in [2.05, 4.69) is 44.2 Å². The Morgan fingerprint density at radius 1 is 1.23 bits per heavy atom. The molecule has 1 amide bonds. The number of aromatic amines is 1. The second-order valence-electron chi connectivity index (χ2n) is 9.03. The molecule has 1 fully saturated rings. The lowest BCUT2D eigenvalue weighted by Crippen LogP contribution is -2.64. The number of hydrogen-bond donors (Lipinski definition) is 4. The molecule has 0 unspecified atom stereocenters. The molecule has 144 valence electrons. The highest BCUT2D eigenvalue weighted by Crippen LogP contribution is 2.41. The normalized spacial score (nSPS) is 24.4. The van der Waals surface area contributed by atoms with Crippen LogP contribution in [-0.2, 0) is 22.1 Å². The maximum atomic E-state index is 12.3. The Kier molecular flexibility index (Phi) is 4.51. The van der Waals surface area contributed by atoms with Crippen LogP contribution in [-0.4, -0.2) is 41.6 Å². The second kappa shape index (κ2) is 6.16. The third kappa shape index (κ3) is 3.07. The van der Waals surface area contributed by atoms with Crippen LogP contribution in [0.15, 0.2) is 11.6 Å². The Morgan fingerprint density at radius 2 is 1.85 bits per heavy atom. The van der Waals surface area contributed by atoms with Crippen molar-refractivity contribution in [3.63, 3.8) is 0 Å². The summed E-state index contributed by atoms with van der Waals surface area (Å²) in [5, 5.41) is 22.9. The van der Waals surface area contributed by atoms with Gasteiger partial charge in [-0.3, -0.25) is 9.78 Å². The van der Waals surface area contributed by atoms with Crippen LogP contribution in [0.3, 0.4) is 0 Å². The number of β-lactam (4-membered cyclic amide) rings is 1. The molecule has 0 aromatic carbocycles. The molecule has 1 saturated heterocycles. The van der Waals surface area contributed by atoms with Crippen LogP contribution in [0.25, 0.3) is 0 Å². The van der Waals surface area contributed by atoms with E-state index in [1.165, 1.54) is 0 Å². The largest absolute Gasteiger partial charge is 0.494 e. The summed E-state index contributed by atoms with van der Waals surface area (Å²) in [6.45, 7) is 13.0. The first-order valence-corrected chi connectivity index (χ1v) is 12.1. The first kappa shape index (κ1) is 19.0. The van der Waals surface area contributed by atoms with E-state index < -0.39 is 8.32 Å². The molecule has 4 N–H and O–H groups in total. The molecule has 1 aliphatic heterocycles. The van der Waals surface area contributed by atoms with Crippen LogP contribution >= 0.6 is 0 Å². The Labute approximate surface area is 155 Å². The summed E-state index contributed by atoms with van der Waals surface area (Å²) in [5.41, 5.74) is 2.53. The lowest BCUT2D eigenvalue weighted by Gasteiger charge is -2.46. The van der Waals surface area contributed by atoms with Crippen molar-refractivity contribution in [2.45, 2.75) is 70.8 Å². The standard InChI is InChI=1S/C19H30N2O4Si/c1-10(25-26(5,6)19(2,3)4)14-15(20-18(14)24)11-7-8-12-13(9-11)17(23)21-16(12)22/h7,10,14-15,21-23H,8-9H2,1-6H3,(H,20,24)/t10-,14+,15+/m0/s1. The maximum absolute atomic E-state index is 12.3. The summed E-state index contributed by atoms with van der Waals surface area (Å²) in [7, 11) is -1.96. The van der Waals surface area contributed by atoms with Gasteiger partial charge in [0.15, 0.2) is 20.1 Å². The minimum Gasteiger partial charge on any atom is -0.494 e. The molecule has 3 rings (SSSR count). The van der Waals surface area contributed by atoms with Crippen molar-refractivity contribution in [1.82, 2.24) is 10.3 Å². The van der Waals surface area contributed by atoms with Crippen LogP contribution in [0.5, 0.6) is 11.8 Å². The highest BCUT2D eigenvalue weighted by atomic mass is 28.4. The van der Waals surface area contributed by atoms with Crippen LogP contribution < -0.4 is 5.32 Å². The number of allylic oxidation sites excluding steroid dienone is 1. The smallest absolute Gasteiger partial charge is 0.228 e. The molecule has 7 heteroatoms. The van der Waals surface area contributed by atoms with Gasteiger partial charge in [-0.2, -0.15) is 0 Å². The fourth-order valence-electron chi connectivity index (χ4n) is 3.62. The number of amides is 1. The van der Waals surface area contributed by atoms with Gasteiger partial charge in [0.2, 0.25) is 5.91 Å². The molecule has 2 heterocycles. The topological polar surface area (TPSA) is 94.6 Å². The van der Waals surface area contributed by atoms with E-state index >= 15 is 0 Å². The molecule has 3 atom stereocenters. The number of aromatic hydroxyl groups is 2. The highest BCUT2D eigenvalue weighted by molar-refractivity contribution is 6.74. The van der Waals surface area contributed by atoms with Gasteiger partial charge in [0.05, 0.1) is 18.1 Å². The van der Waals surface area contributed by atoms with Gasteiger partial charge >= 0.3 is 0 Å². The van der Waals surface area contributed by atoms with Crippen LogP contribution in [0.4, 0.5) is 0 Å². The fraction of sp³-hybridized carbons (Fsp3) is 0.632. The van der Waals surface area contributed by atoms with Crippen molar-refractivity contribution >= 4 is 14.2 Å². The van der Waals surface area contributed by atoms with Gasteiger partial charge in [0.1, 0.15) is 0 Å². The third-order valence-electron chi connectivity index (χ3n) is 6.27. The molecular weight excluding hydrogens is 348 g/mol. The van der Waals surface area contributed by atoms with Crippen molar-refractivity contribution in [3.8, 4) is 11.8 Å². The lowest BCUT2D eigenvalue weighted by atomic mass is 9.77. The van der Waals surface area contributed by atoms with Crippen molar-refractivity contribution in [2.24, 2.45) is 5.92 Å². The molecule has 0 bridgehead atoms. The van der Waals surface area contributed by atoms with Gasteiger partial charge in [-0.1, -0.05) is 26.8 Å². The van der Waals surface area contributed by atoms with Crippen molar-refractivity contribution in [2.75, 3.05) is 0 Å². The number of nitrogens with one attached hydrogen (secondary N) is 2. The highest BCUT2D eigenvalue weighted by Gasteiger charge is 2.48. The molecule has 2 aliphatic rings. The monoisotopic (exact) mass is 378 g/mol. The van der Waals surface area contributed by atoms with Crippen LogP contribution in [0.2, 0.25) is 18.1 Å². The Balaban J connectivity index is 1.75. The quantitative estimate of drug-likeness (QED) is 0.368. The number of fused-ring (bicyclic) bond motifs is 1. The van der Waals surface area contributed by atoms with Crippen molar-refractivity contribution in [3.05, 3.63) is 22.8 Å². The minimum absolute atomic E-state index is 0.0101. The molecule has 0 saturated carbocycles. The number of aromatic nitrogens is 1. The SMILES string of the molecule is C[C@H](O[Si](C)(C)C(C)(C)C)[C@H]1C(=O)N[C@@H]1C1=CCc2c(O)[nH]c(O)c2C1. The van der Waals surface area contributed by atoms with Gasteiger partial charge in [-0.15, -0.1) is 0 Å². The van der Waals surface area contributed by atoms with Crippen molar-refractivity contribution < 1.29 is 19.4 Å².